The summed E-state index contributed by atoms with van der Waals surface area (Å²) in [5.74, 6) is -2.42. The van der Waals surface area contributed by atoms with Crippen LogP contribution in [0.3, 0.4) is 0 Å². The van der Waals surface area contributed by atoms with Gasteiger partial charge in [0, 0.05) is 5.39 Å². The number of azo groups is 3. The maximum atomic E-state index is 12.4. The third-order valence-corrected chi connectivity index (χ3v) is 11.4. The van der Waals surface area contributed by atoms with E-state index in [1.165, 1.54) is 30.3 Å². The number of anilines is 1. The van der Waals surface area contributed by atoms with Crippen LogP contribution < -0.4 is 5.73 Å². The minimum atomic E-state index is -5.06. The highest BCUT2D eigenvalue weighted by Crippen LogP contribution is 2.46. The zero-order chi connectivity index (χ0) is 43.9. The van der Waals surface area contributed by atoms with Crippen LogP contribution in [0.4, 0.5) is 39.8 Å². The van der Waals surface area contributed by atoms with Crippen LogP contribution in [0.2, 0.25) is 0 Å². The Morgan fingerprint density at radius 3 is 1.63 bits per heavy atom. The van der Waals surface area contributed by atoms with E-state index in [4.69, 9.17) is 5.73 Å². The van der Waals surface area contributed by atoms with Gasteiger partial charge in [-0.2, -0.15) is 40.6 Å². The molecule has 0 aliphatic rings. The smallest absolute Gasteiger partial charge is 0.339 e. The number of phenolic OH excluding ortho intramolecular Hbond substituents is 1. The Labute approximate surface area is 340 Å². The van der Waals surface area contributed by atoms with Crippen LogP contribution in [0, 0.1) is 13.8 Å². The average Bonchev–Trinajstić information content (AvgIpc) is 3.16. The van der Waals surface area contributed by atoms with Gasteiger partial charge < -0.3 is 21.1 Å². The lowest BCUT2D eigenvalue weighted by molar-refractivity contribution is 0.0693. The number of carboxylic acid groups (broad SMARTS) is 1. The largest absolute Gasteiger partial charge is 0.507 e. The molecule has 308 valence electrons. The second-order valence-corrected chi connectivity index (χ2v) is 17.0. The predicted molar refractivity (Wildman–Crippen MR) is 215 cm³/mol. The van der Waals surface area contributed by atoms with Crippen LogP contribution in [-0.2, 0) is 30.4 Å². The van der Waals surface area contributed by atoms with Crippen molar-refractivity contribution in [3.63, 3.8) is 0 Å². The quantitative estimate of drug-likeness (QED) is 0.0363. The summed E-state index contributed by atoms with van der Waals surface area (Å²) >= 11 is 0. The number of nitrogens with zero attached hydrogens (tertiary/aromatic N) is 6. The first kappa shape index (κ1) is 42.6. The van der Waals surface area contributed by atoms with Crippen molar-refractivity contribution in [2.75, 3.05) is 5.73 Å². The van der Waals surface area contributed by atoms with E-state index in [0.29, 0.717) is 35.1 Å². The molecule has 0 fully saturated rings. The molecule has 6 rings (SSSR count). The number of phenols is 2. The second-order valence-electron chi connectivity index (χ2n) is 12.8. The number of aromatic hydroxyl groups is 2. The minimum Gasteiger partial charge on any atom is -0.507 e. The molecule has 6 aromatic rings. The lowest BCUT2D eigenvalue weighted by atomic mass is 10.0. The summed E-state index contributed by atoms with van der Waals surface area (Å²) in [5.41, 5.74) is 8.01. The summed E-state index contributed by atoms with van der Waals surface area (Å²) < 4.78 is 101. The molecule has 0 atom stereocenters. The Balaban J connectivity index is 1.32. The lowest BCUT2D eigenvalue weighted by Gasteiger charge is -2.12. The van der Waals surface area contributed by atoms with E-state index in [1.54, 1.807) is 31.2 Å². The Morgan fingerprint density at radius 2 is 1.08 bits per heavy atom. The number of nitrogen functional groups attached to an aromatic ring is 1. The molecule has 0 heterocycles. The van der Waals surface area contributed by atoms with Gasteiger partial charge in [-0.1, -0.05) is 18.2 Å². The van der Waals surface area contributed by atoms with E-state index in [1.807, 2.05) is 19.1 Å². The first-order valence-electron chi connectivity index (χ1n) is 16.7. The maximum Gasteiger partial charge on any atom is 0.339 e. The van der Waals surface area contributed by atoms with Crippen molar-refractivity contribution in [2.45, 2.75) is 28.5 Å². The number of hydrogen-bond acceptors (Lipinski definition) is 16. The van der Waals surface area contributed by atoms with Gasteiger partial charge in [-0.05, 0) is 109 Å². The first-order valence-corrected chi connectivity index (χ1v) is 21.0. The number of aromatic carboxylic acids is 1. The zero-order valence-electron chi connectivity index (χ0n) is 30.7. The SMILES string of the molecule is Cc1cc(-c2ccc(N=Nc3ccc4c(S(=O)(=O)O)cc(N=Nc5cc(S(=O)(=O)O)ccc5S(=O)(=O)O)c(N)c4c3O)c(C)c2)ccc1N=Nc1ccc(O)c(C(=O)O)c1. The van der Waals surface area contributed by atoms with Crippen LogP contribution in [0.15, 0.2) is 136 Å². The summed E-state index contributed by atoms with van der Waals surface area (Å²) in [7, 11) is -15.0. The van der Waals surface area contributed by atoms with Gasteiger partial charge in [-0.15, -0.1) is 15.3 Å². The fourth-order valence-corrected chi connectivity index (χ4v) is 7.59. The molecule has 0 saturated heterocycles. The average molecular weight is 876 g/mol. The predicted octanol–water partition coefficient (Wildman–Crippen LogP) is 8.80. The number of carboxylic acids is 1. The highest BCUT2D eigenvalue weighted by molar-refractivity contribution is 7.86. The molecule has 23 heteroatoms. The molecule has 0 spiro atoms. The molecular formula is C37H29N7O13S3. The summed E-state index contributed by atoms with van der Waals surface area (Å²) in [6.07, 6.45) is 0. The van der Waals surface area contributed by atoms with Gasteiger partial charge in [-0.3, -0.25) is 13.7 Å². The standard InChI is InChI=1S/C37H29N7O13S3/c1-18-13-20(3-8-26(18)40-39-22-5-11-31(45)25(15-22)37(47)48)21-4-9-27(19(2)14-21)41-42-28-10-7-24-33(60(55,56)57)17-30(35(38)34(24)36(28)46)44-43-29-16-23(58(49,50)51)6-12-32(29)59(52,53)54/h3-17,45-46H,38H2,1-2H3,(H,47,48)(H,49,50,51)(H,52,53,54)(H,55,56,57). The molecule has 8 N–H and O–H groups in total. The van der Waals surface area contributed by atoms with Crippen LogP contribution in [-0.4, -0.2) is 60.2 Å². The molecule has 20 nitrogen and oxygen atoms in total. The number of benzene rings is 6. The van der Waals surface area contributed by atoms with E-state index in [9.17, 15) is 59.0 Å². The Morgan fingerprint density at radius 1 is 0.550 bits per heavy atom. The van der Waals surface area contributed by atoms with Gasteiger partial charge in [0.25, 0.3) is 30.4 Å². The Kier molecular flexibility index (Phi) is 11.3. The summed E-state index contributed by atoms with van der Waals surface area (Å²) in [5, 5.41) is 53.6. The molecule has 0 aromatic heterocycles. The van der Waals surface area contributed by atoms with Crippen LogP contribution in [0.5, 0.6) is 11.5 Å². The molecule has 0 saturated carbocycles. The normalized spacial score (nSPS) is 12.6. The third kappa shape index (κ3) is 9.00. The molecule has 0 aliphatic carbocycles. The number of nitrogens with two attached hydrogens (primary N) is 1. The van der Waals surface area contributed by atoms with Crippen LogP contribution in [0.25, 0.3) is 21.9 Å². The van der Waals surface area contributed by atoms with Gasteiger partial charge in [0.15, 0.2) is 5.75 Å². The van der Waals surface area contributed by atoms with Crippen molar-refractivity contribution >= 4 is 86.9 Å². The van der Waals surface area contributed by atoms with Crippen molar-refractivity contribution in [3.8, 4) is 22.6 Å². The third-order valence-electron chi connectivity index (χ3n) is 8.76. The second kappa shape index (κ2) is 16.0. The zero-order valence-corrected chi connectivity index (χ0v) is 33.1. The molecule has 6 aromatic carbocycles. The van der Waals surface area contributed by atoms with E-state index >= 15 is 0 Å². The van der Waals surface area contributed by atoms with Crippen molar-refractivity contribution in [3.05, 3.63) is 108 Å². The monoisotopic (exact) mass is 875 g/mol. The van der Waals surface area contributed by atoms with E-state index in [2.05, 4.69) is 30.7 Å². The Hall–Kier alpha value is -7.02. The maximum absolute atomic E-state index is 12.4. The highest BCUT2D eigenvalue weighted by atomic mass is 32.2. The van der Waals surface area contributed by atoms with Crippen molar-refractivity contribution < 1.29 is 59.0 Å². The molecular weight excluding hydrogens is 847 g/mol. The number of fused-ring (bicyclic) bond motifs is 1. The molecule has 0 aliphatic heterocycles. The number of rotatable bonds is 11. The summed E-state index contributed by atoms with van der Waals surface area (Å²) in [4.78, 5) is 8.74. The molecule has 0 radical (unpaired) electrons. The fourth-order valence-electron chi connectivity index (χ4n) is 5.78. The Bertz CT molecular complexity index is 3230. The highest BCUT2D eigenvalue weighted by Gasteiger charge is 2.24. The van der Waals surface area contributed by atoms with Crippen LogP contribution in [0.1, 0.15) is 21.5 Å². The van der Waals surface area contributed by atoms with Crippen molar-refractivity contribution in [1.82, 2.24) is 0 Å². The van der Waals surface area contributed by atoms with E-state index < -0.39 is 85.0 Å². The lowest BCUT2D eigenvalue weighted by Crippen LogP contribution is -2.02. The van der Waals surface area contributed by atoms with Gasteiger partial charge in [0.05, 0.1) is 33.0 Å². The van der Waals surface area contributed by atoms with Gasteiger partial charge >= 0.3 is 5.97 Å². The van der Waals surface area contributed by atoms with E-state index in [0.717, 1.165) is 22.8 Å². The van der Waals surface area contributed by atoms with Crippen molar-refractivity contribution in [2.24, 2.45) is 30.7 Å². The minimum absolute atomic E-state index is 0.213. The molecule has 60 heavy (non-hydrogen) atoms. The molecule has 0 unspecified atom stereocenters. The number of carbonyl (C=O) groups is 1. The van der Waals surface area contributed by atoms with Gasteiger partial charge in [-0.25, -0.2) is 4.79 Å². The van der Waals surface area contributed by atoms with Gasteiger partial charge in [0.2, 0.25) is 0 Å². The fraction of sp³-hybridized carbons (Fsp3) is 0.0541. The topological polar surface area (TPSA) is 341 Å². The first-order chi connectivity index (χ1) is 28.0. The van der Waals surface area contributed by atoms with Crippen LogP contribution >= 0.6 is 0 Å². The molecule has 0 amide bonds. The summed E-state index contributed by atoms with van der Waals surface area (Å²) in [6, 6.07) is 19.4. The number of hydrogen-bond donors (Lipinski definition) is 7. The van der Waals surface area contributed by atoms with E-state index in [-0.39, 0.29) is 22.3 Å². The van der Waals surface area contributed by atoms with Gasteiger partial charge in [0.1, 0.15) is 38.2 Å². The number of aryl methyl sites for hydroxylation is 2. The summed E-state index contributed by atoms with van der Waals surface area (Å²) in [6.45, 7) is 3.56. The molecule has 0 bridgehead atoms. The van der Waals surface area contributed by atoms with Crippen molar-refractivity contribution in [1.29, 1.82) is 0 Å².